The van der Waals surface area contributed by atoms with Gasteiger partial charge in [0.2, 0.25) is 0 Å². The molecule has 0 saturated carbocycles. The molecule has 3 heteroatoms. The van der Waals surface area contributed by atoms with E-state index in [9.17, 15) is 0 Å². The summed E-state index contributed by atoms with van der Waals surface area (Å²) in [6.07, 6.45) is 0. The molecule has 1 saturated heterocycles. The van der Waals surface area contributed by atoms with Gasteiger partial charge in [0, 0.05) is 13.1 Å². The summed E-state index contributed by atoms with van der Waals surface area (Å²) in [5.41, 5.74) is 0. The SMILES string of the molecule is C1COCCN1.b1ccccc1. The van der Waals surface area contributed by atoms with Crippen molar-refractivity contribution >= 4 is 6.91 Å². The molecule has 0 amide bonds. The zero-order valence-corrected chi connectivity index (χ0v) is 7.20. The van der Waals surface area contributed by atoms with E-state index >= 15 is 0 Å². The van der Waals surface area contributed by atoms with E-state index in [4.69, 9.17) is 4.74 Å². The number of morpholine rings is 1. The topological polar surface area (TPSA) is 21.3 Å². The van der Waals surface area contributed by atoms with E-state index in [2.05, 4.69) is 5.32 Å². The first-order valence-corrected chi connectivity index (χ1v) is 4.28. The fourth-order valence-electron chi connectivity index (χ4n) is 0.901. The second-order valence-corrected chi connectivity index (χ2v) is 2.52. The van der Waals surface area contributed by atoms with Crippen molar-refractivity contribution < 1.29 is 4.74 Å². The summed E-state index contributed by atoms with van der Waals surface area (Å²) in [6.45, 7) is 5.83. The van der Waals surface area contributed by atoms with Crippen molar-refractivity contribution in [1.29, 1.82) is 0 Å². The predicted molar refractivity (Wildman–Crippen MR) is 51.5 cm³/mol. The molecular weight excluding hydrogens is 149 g/mol. The Hall–Kier alpha value is -0.665. The van der Waals surface area contributed by atoms with E-state index in [0.29, 0.717) is 0 Å². The van der Waals surface area contributed by atoms with E-state index in [1.54, 1.807) is 0 Å². The Morgan fingerprint density at radius 3 is 1.83 bits per heavy atom. The van der Waals surface area contributed by atoms with Crippen LogP contribution in [0.2, 0.25) is 0 Å². The van der Waals surface area contributed by atoms with Crippen molar-refractivity contribution in [2.45, 2.75) is 0 Å². The fourth-order valence-corrected chi connectivity index (χ4v) is 0.901. The summed E-state index contributed by atoms with van der Waals surface area (Å²) in [4.78, 5) is 0. The molecule has 2 nitrogen and oxygen atoms in total. The molecule has 0 aromatic carbocycles. The first-order valence-electron chi connectivity index (χ1n) is 4.28. The zero-order chi connectivity index (χ0) is 8.49. The third-order valence-electron chi connectivity index (χ3n) is 1.51. The first kappa shape index (κ1) is 9.42. The van der Waals surface area contributed by atoms with E-state index in [0.717, 1.165) is 26.3 Å². The number of ether oxygens (including phenoxy) is 1. The average molecular weight is 163 g/mol. The number of hydrogen-bond acceptors (Lipinski definition) is 2. The molecule has 12 heavy (non-hydrogen) atoms. The molecule has 1 fully saturated rings. The third kappa shape index (κ3) is 5.05. The van der Waals surface area contributed by atoms with Gasteiger partial charge in [-0.2, -0.15) is 0 Å². The van der Waals surface area contributed by atoms with E-state index in [1.807, 2.05) is 37.0 Å². The van der Waals surface area contributed by atoms with Gasteiger partial charge < -0.3 is 10.1 Å². The number of hydrogen-bond donors (Lipinski definition) is 1. The molecule has 0 bridgehead atoms. The second-order valence-electron chi connectivity index (χ2n) is 2.52. The fraction of sp³-hybridized carbons (Fsp3) is 0.444. The minimum absolute atomic E-state index is 0.889. The van der Waals surface area contributed by atoms with Crippen LogP contribution in [0.3, 0.4) is 0 Å². The normalized spacial score (nSPS) is 15.7. The molecule has 64 valence electrons. The Bertz CT molecular complexity index is 139. The van der Waals surface area contributed by atoms with Crippen molar-refractivity contribution in [3.63, 3.8) is 0 Å². The minimum atomic E-state index is 0.889. The summed E-state index contributed by atoms with van der Waals surface area (Å²) in [5.74, 6) is 4.00. The van der Waals surface area contributed by atoms with Gasteiger partial charge in [-0.25, -0.2) is 0 Å². The number of rotatable bonds is 0. The number of nitrogens with one attached hydrogen (secondary N) is 1. The van der Waals surface area contributed by atoms with Crippen molar-refractivity contribution in [1.82, 2.24) is 5.32 Å². The van der Waals surface area contributed by atoms with Gasteiger partial charge in [-0.15, -0.1) is 0 Å². The zero-order valence-electron chi connectivity index (χ0n) is 7.20. The van der Waals surface area contributed by atoms with Crippen molar-refractivity contribution in [2.75, 3.05) is 26.3 Å². The van der Waals surface area contributed by atoms with Gasteiger partial charge in [-0.3, -0.25) is 0 Å². The molecule has 0 aliphatic carbocycles. The van der Waals surface area contributed by atoms with Crippen LogP contribution in [-0.2, 0) is 4.74 Å². The van der Waals surface area contributed by atoms with Gasteiger partial charge in [0.05, 0.1) is 13.2 Å². The summed E-state index contributed by atoms with van der Waals surface area (Å²) >= 11 is 0. The molecule has 1 aliphatic rings. The van der Waals surface area contributed by atoms with E-state index in [-0.39, 0.29) is 0 Å². The van der Waals surface area contributed by atoms with Crippen molar-refractivity contribution in [3.8, 4) is 0 Å². The van der Waals surface area contributed by atoms with Crippen LogP contribution >= 0.6 is 0 Å². The Balaban J connectivity index is 0.000000120. The van der Waals surface area contributed by atoms with Crippen LogP contribution in [0.5, 0.6) is 0 Å². The monoisotopic (exact) mass is 163 g/mol. The van der Waals surface area contributed by atoms with Crippen molar-refractivity contribution in [2.24, 2.45) is 0 Å². The van der Waals surface area contributed by atoms with E-state index < -0.39 is 0 Å². The molecule has 1 aromatic heterocycles. The van der Waals surface area contributed by atoms with Gasteiger partial charge in [-0.1, -0.05) is 0 Å². The first-order chi connectivity index (χ1) is 6.00. The summed E-state index contributed by atoms with van der Waals surface area (Å²) < 4.78 is 5.01. The predicted octanol–water partition coefficient (Wildman–Crippen LogP) is 0.631. The Morgan fingerprint density at radius 2 is 1.67 bits per heavy atom. The van der Waals surface area contributed by atoms with Gasteiger partial charge in [0.25, 0.3) is 0 Å². The van der Waals surface area contributed by atoms with Crippen LogP contribution in [0, 0.1) is 0 Å². The molecule has 0 atom stereocenters. The van der Waals surface area contributed by atoms with Crippen LogP contribution in [0.15, 0.2) is 30.1 Å². The maximum absolute atomic E-state index is 5.01. The van der Waals surface area contributed by atoms with Crippen LogP contribution < -0.4 is 5.32 Å². The molecule has 1 aliphatic heterocycles. The standard InChI is InChI=1S/C5H5B.C4H9NO/c1-2-4-6-5-3-1;1-3-6-4-2-5-1/h1-5H;5H,1-4H2. The average Bonchev–Trinajstić information content (AvgIpc) is 2.24. The second kappa shape index (κ2) is 7.01. The summed E-state index contributed by atoms with van der Waals surface area (Å²) in [5, 5.41) is 3.16. The van der Waals surface area contributed by atoms with Gasteiger partial charge >= 0.3 is 37.0 Å². The van der Waals surface area contributed by atoms with Crippen LogP contribution in [-0.4, -0.2) is 33.2 Å². The summed E-state index contributed by atoms with van der Waals surface area (Å²) in [7, 11) is 0. The van der Waals surface area contributed by atoms with Gasteiger partial charge in [0.1, 0.15) is 0 Å². The van der Waals surface area contributed by atoms with Crippen LogP contribution in [0.1, 0.15) is 0 Å². The third-order valence-corrected chi connectivity index (χ3v) is 1.51. The quantitative estimate of drug-likeness (QED) is 0.605. The molecular formula is C9H14BNO. The summed E-state index contributed by atoms with van der Waals surface area (Å²) in [6, 6.07) is 6.00. The molecule has 2 rings (SSSR count). The molecule has 2 heterocycles. The maximum atomic E-state index is 5.01. The molecule has 1 N–H and O–H groups in total. The molecule has 0 spiro atoms. The molecule has 0 radical (unpaired) electrons. The Morgan fingerprint density at radius 1 is 1.00 bits per heavy atom. The van der Waals surface area contributed by atoms with Crippen LogP contribution in [0.25, 0.3) is 0 Å². The molecule has 0 unspecified atom stereocenters. The van der Waals surface area contributed by atoms with E-state index in [1.165, 1.54) is 0 Å². The molecule has 1 aromatic rings. The van der Waals surface area contributed by atoms with Crippen molar-refractivity contribution in [3.05, 3.63) is 30.1 Å². The Labute approximate surface area is 74.2 Å². The Kier molecular flexibility index (Phi) is 5.50. The van der Waals surface area contributed by atoms with Gasteiger partial charge in [-0.05, 0) is 0 Å². The van der Waals surface area contributed by atoms with Crippen LogP contribution in [0.4, 0.5) is 0 Å². The van der Waals surface area contributed by atoms with Gasteiger partial charge in [0.15, 0.2) is 0 Å².